The van der Waals surface area contributed by atoms with Crippen molar-refractivity contribution in [3.8, 4) is 0 Å². The Labute approximate surface area is 145 Å². The van der Waals surface area contributed by atoms with E-state index in [2.05, 4.69) is 15.0 Å². The first-order valence-corrected chi connectivity index (χ1v) is 7.35. The Morgan fingerprint density at radius 3 is 2.60 bits per heavy atom. The van der Waals surface area contributed by atoms with Crippen LogP contribution in [0.4, 0.5) is 11.4 Å². The Bertz CT molecular complexity index is 840. The molecule has 2 aromatic rings. The molecule has 0 saturated carbocycles. The highest BCUT2D eigenvalue weighted by Crippen LogP contribution is 2.19. The van der Waals surface area contributed by atoms with Gasteiger partial charge in [-0.05, 0) is 35.9 Å². The number of nitrogens with two attached hydrogens (primary N) is 2. The number of anilines is 1. The minimum atomic E-state index is -0.480. The van der Waals surface area contributed by atoms with Crippen LogP contribution >= 0.6 is 0 Å². The Balaban J connectivity index is 2.23. The first kappa shape index (κ1) is 17.7. The van der Waals surface area contributed by atoms with Gasteiger partial charge in [0.05, 0.1) is 12.8 Å². The first-order chi connectivity index (χ1) is 12.0. The summed E-state index contributed by atoms with van der Waals surface area (Å²) in [6.07, 6.45) is 2.85. The number of para-hydroxylation sites is 1. The van der Waals surface area contributed by atoms with Crippen LogP contribution in [0.2, 0.25) is 0 Å². The van der Waals surface area contributed by atoms with Crippen molar-refractivity contribution in [1.82, 2.24) is 0 Å². The minimum Gasteiger partial charge on any atom is -0.466 e. The van der Waals surface area contributed by atoms with Gasteiger partial charge in [-0.1, -0.05) is 24.3 Å². The maximum absolute atomic E-state index is 12.5. The van der Waals surface area contributed by atoms with Gasteiger partial charge in [-0.15, -0.1) is 0 Å². The monoisotopic (exact) mass is 338 g/mol. The van der Waals surface area contributed by atoms with E-state index in [1.165, 1.54) is 13.2 Å². The summed E-state index contributed by atoms with van der Waals surface area (Å²) in [5.74, 6) is -0.895. The Morgan fingerprint density at radius 1 is 1.12 bits per heavy atom. The highest BCUT2D eigenvalue weighted by atomic mass is 16.5. The molecule has 1 amide bonds. The number of nitrogens with one attached hydrogen (secondary N) is 1. The molecule has 7 heteroatoms. The second-order valence-corrected chi connectivity index (χ2v) is 4.98. The molecule has 0 bridgehead atoms. The third-order valence-electron chi connectivity index (χ3n) is 3.18. The third kappa shape index (κ3) is 5.21. The molecule has 2 rings (SSSR count). The van der Waals surface area contributed by atoms with E-state index in [0.29, 0.717) is 22.5 Å². The highest BCUT2D eigenvalue weighted by molar-refractivity contribution is 6.06. The first-order valence-electron chi connectivity index (χ1n) is 7.35. The zero-order chi connectivity index (χ0) is 18.2. The fraction of sp³-hybridized carbons (Fsp3) is 0.0556. The highest BCUT2D eigenvalue weighted by Gasteiger charge is 2.09. The quantitative estimate of drug-likeness (QED) is 0.333. The normalized spacial score (nSPS) is 10.3. The molecule has 0 heterocycles. The number of nitrogens with zero attached hydrogens (tertiary/aromatic N) is 1. The minimum absolute atomic E-state index is 0.0872. The molecule has 0 fully saturated rings. The smallest absolute Gasteiger partial charge is 0.330 e. The summed E-state index contributed by atoms with van der Waals surface area (Å²) in [7, 11) is 1.30. The van der Waals surface area contributed by atoms with E-state index in [9.17, 15) is 9.59 Å². The molecule has 2 aromatic carbocycles. The third-order valence-corrected chi connectivity index (χ3v) is 3.18. The number of aliphatic imine (C=N–C) groups is 1. The van der Waals surface area contributed by atoms with Crippen LogP contribution in [0.3, 0.4) is 0 Å². The lowest BCUT2D eigenvalue weighted by atomic mass is 10.1. The van der Waals surface area contributed by atoms with Crippen LogP contribution in [-0.4, -0.2) is 24.9 Å². The van der Waals surface area contributed by atoms with Gasteiger partial charge in [-0.2, -0.15) is 0 Å². The summed E-state index contributed by atoms with van der Waals surface area (Å²) < 4.78 is 4.56. The molecule has 7 nitrogen and oxygen atoms in total. The van der Waals surface area contributed by atoms with Gasteiger partial charge in [0.15, 0.2) is 5.96 Å². The van der Waals surface area contributed by atoms with Crippen molar-refractivity contribution in [2.45, 2.75) is 0 Å². The molecule has 0 aliphatic heterocycles. The van der Waals surface area contributed by atoms with Gasteiger partial charge in [0.2, 0.25) is 0 Å². The number of methoxy groups -OCH3 is 1. The van der Waals surface area contributed by atoms with E-state index >= 15 is 0 Å². The second-order valence-electron chi connectivity index (χ2n) is 4.98. The maximum Gasteiger partial charge on any atom is 0.330 e. The van der Waals surface area contributed by atoms with E-state index in [1.807, 2.05) is 0 Å². The molecule has 0 aliphatic carbocycles. The van der Waals surface area contributed by atoms with Crippen molar-refractivity contribution in [2.75, 3.05) is 12.4 Å². The van der Waals surface area contributed by atoms with Crippen LogP contribution < -0.4 is 16.8 Å². The van der Waals surface area contributed by atoms with Crippen LogP contribution in [0.1, 0.15) is 15.9 Å². The van der Waals surface area contributed by atoms with E-state index < -0.39 is 5.97 Å². The van der Waals surface area contributed by atoms with Crippen molar-refractivity contribution < 1.29 is 14.3 Å². The Morgan fingerprint density at radius 2 is 1.88 bits per heavy atom. The Kier molecular flexibility index (Phi) is 5.89. The zero-order valence-corrected chi connectivity index (χ0v) is 13.6. The number of hydrogen-bond donors (Lipinski definition) is 3. The summed E-state index contributed by atoms with van der Waals surface area (Å²) in [4.78, 5) is 27.6. The molecule has 0 aromatic heterocycles. The predicted molar refractivity (Wildman–Crippen MR) is 97.4 cm³/mol. The molecule has 0 unspecified atom stereocenters. The average Bonchev–Trinajstić information content (AvgIpc) is 2.60. The number of carbonyl (C=O) groups excluding carboxylic acids is 2. The van der Waals surface area contributed by atoms with Gasteiger partial charge >= 0.3 is 5.97 Å². The molecular formula is C18H18N4O3. The van der Waals surface area contributed by atoms with Gasteiger partial charge in [0.25, 0.3) is 5.91 Å². The van der Waals surface area contributed by atoms with Crippen LogP contribution in [0.5, 0.6) is 0 Å². The molecule has 0 aliphatic rings. The predicted octanol–water partition coefficient (Wildman–Crippen LogP) is 2.03. The number of benzene rings is 2. The Hall–Kier alpha value is -3.61. The van der Waals surface area contributed by atoms with Gasteiger partial charge in [-0.25, -0.2) is 9.79 Å². The van der Waals surface area contributed by atoms with E-state index in [4.69, 9.17) is 11.5 Å². The van der Waals surface area contributed by atoms with Crippen LogP contribution in [0, 0.1) is 0 Å². The fourth-order valence-corrected chi connectivity index (χ4v) is 2.04. The molecule has 128 valence electrons. The molecular weight excluding hydrogens is 320 g/mol. The van der Waals surface area contributed by atoms with Crippen molar-refractivity contribution >= 4 is 35.3 Å². The standard InChI is InChI=1S/C18H18N4O3/c1-25-16(23)10-9-12-5-2-3-8-15(12)22-17(24)13-6-4-7-14(11-13)21-18(19)20/h2-11H,1H3,(H,22,24)(H4,19,20,21). The second kappa shape index (κ2) is 8.30. The zero-order valence-electron chi connectivity index (χ0n) is 13.6. The maximum atomic E-state index is 12.5. The lowest BCUT2D eigenvalue weighted by Crippen LogP contribution is -2.22. The molecule has 0 saturated heterocycles. The lowest BCUT2D eigenvalue weighted by Gasteiger charge is -2.09. The van der Waals surface area contributed by atoms with Crippen molar-refractivity contribution in [3.63, 3.8) is 0 Å². The summed E-state index contributed by atoms with van der Waals surface area (Å²) in [5.41, 5.74) is 12.8. The molecule has 25 heavy (non-hydrogen) atoms. The van der Waals surface area contributed by atoms with Crippen LogP contribution in [-0.2, 0) is 9.53 Å². The SMILES string of the molecule is COC(=O)C=Cc1ccccc1NC(=O)c1cccc(N=C(N)N)c1. The van der Waals surface area contributed by atoms with E-state index in [1.54, 1.807) is 54.6 Å². The number of hydrogen-bond acceptors (Lipinski definition) is 4. The van der Waals surface area contributed by atoms with Crippen LogP contribution in [0.15, 0.2) is 59.6 Å². The number of amides is 1. The topological polar surface area (TPSA) is 120 Å². The average molecular weight is 338 g/mol. The summed E-state index contributed by atoms with van der Waals surface area (Å²) in [6, 6.07) is 13.7. The number of carbonyl (C=O) groups is 2. The van der Waals surface area contributed by atoms with Crippen molar-refractivity contribution in [3.05, 3.63) is 65.7 Å². The van der Waals surface area contributed by atoms with Crippen LogP contribution in [0.25, 0.3) is 6.08 Å². The fourth-order valence-electron chi connectivity index (χ4n) is 2.04. The summed E-state index contributed by atoms with van der Waals surface area (Å²) in [5, 5.41) is 2.80. The molecule has 5 N–H and O–H groups in total. The molecule has 0 radical (unpaired) electrons. The largest absolute Gasteiger partial charge is 0.466 e. The van der Waals surface area contributed by atoms with Gasteiger partial charge in [0, 0.05) is 17.3 Å². The van der Waals surface area contributed by atoms with Gasteiger partial charge in [0.1, 0.15) is 0 Å². The van der Waals surface area contributed by atoms with Gasteiger partial charge in [-0.3, -0.25) is 4.79 Å². The van der Waals surface area contributed by atoms with E-state index in [-0.39, 0.29) is 11.9 Å². The summed E-state index contributed by atoms with van der Waals surface area (Å²) >= 11 is 0. The van der Waals surface area contributed by atoms with Crippen molar-refractivity contribution in [1.29, 1.82) is 0 Å². The number of esters is 1. The molecule has 0 spiro atoms. The van der Waals surface area contributed by atoms with Crippen molar-refractivity contribution in [2.24, 2.45) is 16.5 Å². The van der Waals surface area contributed by atoms with Gasteiger partial charge < -0.3 is 21.5 Å². The molecule has 0 atom stereocenters. The number of ether oxygens (including phenoxy) is 1. The van der Waals surface area contributed by atoms with E-state index in [0.717, 1.165) is 0 Å². The number of guanidine groups is 1. The number of rotatable bonds is 5. The lowest BCUT2D eigenvalue weighted by molar-refractivity contribution is -0.134. The summed E-state index contributed by atoms with van der Waals surface area (Å²) in [6.45, 7) is 0.